The van der Waals surface area contributed by atoms with E-state index >= 15 is 0 Å². The van der Waals surface area contributed by atoms with Crippen LogP contribution in [0, 0.1) is 6.92 Å². The van der Waals surface area contributed by atoms with Crippen molar-refractivity contribution in [1.29, 1.82) is 0 Å². The van der Waals surface area contributed by atoms with Crippen LogP contribution in [0.2, 0.25) is 0 Å². The first-order chi connectivity index (χ1) is 55.5. The molecule has 0 aliphatic heterocycles. The molecule has 0 aliphatic rings. The first-order valence-corrected chi connectivity index (χ1v) is 38.1. The molecule has 528 valence electrons. The van der Waals surface area contributed by atoms with Crippen LogP contribution >= 0.6 is 0 Å². The molecule has 0 saturated carbocycles. The number of imidazole rings is 3. The van der Waals surface area contributed by atoms with Gasteiger partial charge in [0.05, 0.1) is 33.1 Å². The maximum Gasteiger partial charge on any atom is 0.145 e. The SMILES string of the molecule is Cc1ccc(-c2ccc(-c3ccc(-c4nc5ccccc5n4-c4ccccc4)cc3)c3ccccc23)cc1.c1ccc(-c2cc(-c3ccc(-c4nc5ccccc5n4-c4ccccc4)cc3)c3ccccc3c2)cc1.c1ccc(-c2cc(-c3ccc(-c4nc5ccccc5n4-c4ccccc4)cc3)cc3ccccc23)cc1. The predicted octanol–water partition coefficient (Wildman–Crippen LogP) is 27.8. The van der Waals surface area contributed by atoms with Gasteiger partial charge in [0.2, 0.25) is 0 Å². The molecule has 0 amide bonds. The van der Waals surface area contributed by atoms with Crippen molar-refractivity contribution in [3.05, 3.63) is 436 Å². The van der Waals surface area contributed by atoms with Crippen molar-refractivity contribution in [1.82, 2.24) is 28.7 Å². The van der Waals surface area contributed by atoms with Crippen LogP contribution in [0.15, 0.2) is 431 Å². The molecule has 21 rings (SSSR count). The van der Waals surface area contributed by atoms with E-state index in [0.29, 0.717) is 0 Å². The molecule has 21 aromatic rings. The molecule has 6 heteroatoms. The third-order valence-electron chi connectivity index (χ3n) is 21.3. The summed E-state index contributed by atoms with van der Waals surface area (Å²) >= 11 is 0. The number of hydrogen-bond acceptors (Lipinski definition) is 3. The van der Waals surface area contributed by atoms with Gasteiger partial charge in [-0.25, -0.2) is 15.0 Å². The highest BCUT2D eigenvalue weighted by molar-refractivity contribution is 6.06. The highest BCUT2D eigenvalue weighted by atomic mass is 15.1. The third-order valence-corrected chi connectivity index (χ3v) is 21.3. The minimum absolute atomic E-state index is 0.946. The molecule has 18 aromatic carbocycles. The van der Waals surface area contributed by atoms with E-state index in [-0.39, 0.29) is 0 Å². The smallest absolute Gasteiger partial charge is 0.145 e. The number of rotatable bonds is 12. The van der Waals surface area contributed by atoms with E-state index in [1.54, 1.807) is 0 Å². The zero-order chi connectivity index (χ0) is 74.7. The van der Waals surface area contributed by atoms with E-state index < -0.39 is 0 Å². The van der Waals surface area contributed by atoms with Crippen molar-refractivity contribution in [2.45, 2.75) is 6.92 Å². The lowest BCUT2D eigenvalue weighted by Gasteiger charge is -2.13. The second-order valence-electron chi connectivity index (χ2n) is 28.3. The van der Waals surface area contributed by atoms with E-state index in [2.05, 4.69) is 415 Å². The van der Waals surface area contributed by atoms with E-state index in [1.165, 1.54) is 105 Å². The summed E-state index contributed by atoms with van der Waals surface area (Å²) in [5.74, 6) is 2.84. The van der Waals surface area contributed by atoms with Crippen LogP contribution < -0.4 is 0 Å². The van der Waals surface area contributed by atoms with Crippen molar-refractivity contribution in [3.8, 4) is 118 Å². The zero-order valence-electron chi connectivity index (χ0n) is 61.7. The standard InChI is InChI=1S/C36H26N2.2C35H24N2/c1-25-15-17-26(18-16-25)30-23-24-31(33-12-6-5-11-32(30)33)27-19-21-28(22-20-27)36-37-34-13-7-8-14-35(34)38(36)29-9-3-2-4-10-29;1-3-11-26(12-4-1)32-24-29(23-28-13-7-8-16-31(28)32)25-19-21-27(22-20-25)35-36-33-17-9-10-18-34(33)37(35)30-14-5-2-6-15-30;1-3-11-25(12-4-1)29-23-28-13-7-8-16-31(28)32(24-29)26-19-21-27(22-20-26)35-36-33-17-9-10-18-34(33)37(35)30-14-5-2-6-15-30/h2-24H,1H3;2*1-24H. The van der Waals surface area contributed by atoms with E-state index in [4.69, 9.17) is 15.0 Å². The summed E-state index contributed by atoms with van der Waals surface area (Å²) in [5, 5.41) is 7.54. The lowest BCUT2D eigenvalue weighted by molar-refractivity contribution is 1.10. The fourth-order valence-corrected chi connectivity index (χ4v) is 15.8. The van der Waals surface area contributed by atoms with Crippen molar-refractivity contribution in [2.75, 3.05) is 0 Å². The number of nitrogens with zero attached hydrogens (tertiary/aromatic N) is 6. The Morgan fingerprint density at radius 3 is 0.812 bits per heavy atom. The fraction of sp³-hybridized carbons (Fsp3) is 0.00943. The topological polar surface area (TPSA) is 53.5 Å². The van der Waals surface area contributed by atoms with Gasteiger partial charge in [-0.3, -0.25) is 13.7 Å². The molecular formula is C106H74N6. The van der Waals surface area contributed by atoms with Gasteiger partial charge < -0.3 is 0 Å². The largest absolute Gasteiger partial charge is 0.292 e. The molecule has 6 nitrogen and oxygen atoms in total. The van der Waals surface area contributed by atoms with Crippen molar-refractivity contribution in [2.24, 2.45) is 0 Å². The lowest BCUT2D eigenvalue weighted by Crippen LogP contribution is -1.97. The Morgan fingerprint density at radius 1 is 0.179 bits per heavy atom. The maximum atomic E-state index is 5.03. The Morgan fingerprint density at radius 2 is 0.438 bits per heavy atom. The molecule has 3 aromatic heterocycles. The van der Waals surface area contributed by atoms with E-state index in [1.807, 2.05) is 36.4 Å². The molecule has 0 radical (unpaired) electrons. The number of aromatic nitrogens is 6. The van der Waals surface area contributed by atoms with Crippen LogP contribution in [0.3, 0.4) is 0 Å². The van der Waals surface area contributed by atoms with E-state index in [9.17, 15) is 0 Å². The normalized spacial score (nSPS) is 11.3. The first-order valence-electron chi connectivity index (χ1n) is 38.1. The number of para-hydroxylation sites is 9. The Bertz CT molecular complexity index is 6920. The average molecular weight is 1430 g/mol. The number of aryl methyl sites for hydroxylation is 1. The van der Waals surface area contributed by atoms with E-state index in [0.717, 1.165) is 84.3 Å². The van der Waals surface area contributed by atoms with Crippen molar-refractivity contribution >= 4 is 65.4 Å². The number of benzene rings is 18. The van der Waals surface area contributed by atoms with Gasteiger partial charge in [0.1, 0.15) is 17.5 Å². The van der Waals surface area contributed by atoms with Crippen LogP contribution in [-0.2, 0) is 0 Å². The molecular weight excluding hydrogens is 1360 g/mol. The molecule has 0 atom stereocenters. The van der Waals surface area contributed by atoms with Gasteiger partial charge in [0.25, 0.3) is 0 Å². The summed E-state index contributed by atoms with van der Waals surface area (Å²) in [4.78, 5) is 15.1. The van der Waals surface area contributed by atoms with Crippen LogP contribution in [0.4, 0.5) is 0 Å². The number of fused-ring (bicyclic) bond motifs is 6. The highest BCUT2D eigenvalue weighted by Crippen LogP contribution is 2.41. The maximum absolute atomic E-state index is 5.03. The van der Waals surface area contributed by atoms with Gasteiger partial charge >= 0.3 is 0 Å². The molecule has 3 heterocycles. The van der Waals surface area contributed by atoms with Gasteiger partial charge in [-0.2, -0.15) is 0 Å². The second kappa shape index (κ2) is 30.1. The van der Waals surface area contributed by atoms with Crippen molar-refractivity contribution < 1.29 is 0 Å². The van der Waals surface area contributed by atoms with Gasteiger partial charge in [0.15, 0.2) is 0 Å². The van der Waals surface area contributed by atoms with Gasteiger partial charge in [-0.15, -0.1) is 0 Å². The Kier molecular flexibility index (Phi) is 18.2. The summed E-state index contributed by atoms with van der Waals surface area (Å²) in [6.45, 7) is 2.13. The summed E-state index contributed by atoms with van der Waals surface area (Å²) < 4.78 is 6.74. The van der Waals surface area contributed by atoms with Crippen LogP contribution in [0.25, 0.3) is 183 Å². The Hall–Kier alpha value is -14.9. The average Bonchev–Trinajstić information content (AvgIpc) is 1.70. The minimum atomic E-state index is 0.946. The Balaban J connectivity index is 0.000000113. The quantitative estimate of drug-likeness (QED) is 0.122. The molecule has 0 fully saturated rings. The summed E-state index contributed by atoms with van der Waals surface area (Å²) in [6.07, 6.45) is 0. The Labute approximate surface area is 651 Å². The monoisotopic (exact) mass is 1430 g/mol. The first kappa shape index (κ1) is 67.7. The van der Waals surface area contributed by atoms with Gasteiger partial charge in [-0.05, 0) is 203 Å². The molecule has 112 heavy (non-hydrogen) atoms. The molecule has 0 unspecified atom stereocenters. The van der Waals surface area contributed by atoms with Crippen molar-refractivity contribution in [3.63, 3.8) is 0 Å². The molecule has 0 N–H and O–H groups in total. The van der Waals surface area contributed by atoms with Gasteiger partial charge in [-0.1, -0.05) is 339 Å². The summed E-state index contributed by atoms with van der Waals surface area (Å²) in [6, 6.07) is 152. The fourth-order valence-electron chi connectivity index (χ4n) is 15.8. The molecule has 0 saturated heterocycles. The molecule has 0 aliphatic carbocycles. The summed E-state index contributed by atoms with van der Waals surface area (Å²) in [7, 11) is 0. The van der Waals surface area contributed by atoms with Crippen LogP contribution in [-0.4, -0.2) is 28.7 Å². The second-order valence-corrected chi connectivity index (χ2v) is 28.3. The summed E-state index contributed by atoms with van der Waals surface area (Å²) in [5.41, 5.74) is 28.9. The van der Waals surface area contributed by atoms with Crippen LogP contribution in [0.1, 0.15) is 5.56 Å². The molecule has 0 bridgehead atoms. The lowest BCUT2D eigenvalue weighted by atomic mass is 9.91. The van der Waals surface area contributed by atoms with Gasteiger partial charge in [0, 0.05) is 33.8 Å². The zero-order valence-corrected chi connectivity index (χ0v) is 61.7. The molecule has 0 spiro atoms. The highest BCUT2D eigenvalue weighted by Gasteiger charge is 2.20. The van der Waals surface area contributed by atoms with Crippen LogP contribution in [0.5, 0.6) is 0 Å². The minimum Gasteiger partial charge on any atom is -0.292 e. The predicted molar refractivity (Wildman–Crippen MR) is 469 cm³/mol. The third kappa shape index (κ3) is 13.3. The number of hydrogen-bond donors (Lipinski definition) is 0.